The Bertz CT molecular complexity index is 325. The Morgan fingerprint density at radius 1 is 1.40 bits per heavy atom. The van der Waals surface area contributed by atoms with Crippen molar-refractivity contribution in [1.29, 1.82) is 0 Å². The van der Waals surface area contributed by atoms with E-state index in [1.54, 1.807) is 18.2 Å². The van der Waals surface area contributed by atoms with E-state index in [4.69, 9.17) is 5.73 Å². The second-order valence-corrected chi connectivity index (χ2v) is 4.08. The lowest BCUT2D eigenvalue weighted by Gasteiger charge is -2.15. The lowest BCUT2D eigenvalue weighted by Crippen LogP contribution is -2.39. The Morgan fingerprint density at radius 2 is 2.07 bits per heavy atom. The summed E-state index contributed by atoms with van der Waals surface area (Å²) in [7, 11) is 0. The molecule has 1 atom stereocenters. The van der Waals surface area contributed by atoms with Gasteiger partial charge in [-0.05, 0) is 30.4 Å². The summed E-state index contributed by atoms with van der Waals surface area (Å²) in [6, 6.07) is 5.20. The van der Waals surface area contributed by atoms with Crippen LogP contribution in [-0.4, -0.2) is 18.5 Å². The minimum absolute atomic E-state index is 0.169. The normalized spacial score (nSPS) is 13.9. The third-order valence-electron chi connectivity index (χ3n) is 2.01. The largest absolute Gasteiger partial charge is 0.403 e. The summed E-state index contributed by atoms with van der Waals surface area (Å²) >= 11 is 1.50. The maximum atomic E-state index is 12.2. The summed E-state index contributed by atoms with van der Waals surface area (Å²) in [6.07, 6.45) is -2.62. The molecule has 2 N–H and O–H groups in total. The van der Waals surface area contributed by atoms with E-state index >= 15 is 0 Å². The Kier molecular flexibility index (Phi) is 4.04. The molecule has 0 aromatic heterocycles. The molecule has 5 heteroatoms. The van der Waals surface area contributed by atoms with Gasteiger partial charge in [0, 0.05) is 4.90 Å². The summed E-state index contributed by atoms with van der Waals surface area (Å²) < 4.78 is 36.6. The number of hydrogen-bond acceptors (Lipinski definition) is 2. The SMILES string of the molecule is CSc1cccc(CC(N)C(F)(F)F)c1. The van der Waals surface area contributed by atoms with E-state index in [-0.39, 0.29) is 6.42 Å². The van der Waals surface area contributed by atoms with Crippen LogP contribution in [-0.2, 0) is 6.42 Å². The molecule has 1 rings (SSSR count). The number of rotatable bonds is 3. The highest BCUT2D eigenvalue weighted by Gasteiger charge is 2.36. The molecule has 0 aliphatic heterocycles. The number of thioether (sulfide) groups is 1. The Morgan fingerprint density at radius 3 is 2.60 bits per heavy atom. The van der Waals surface area contributed by atoms with E-state index in [1.807, 2.05) is 12.3 Å². The Labute approximate surface area is 90.9 Å². The fraction of sp³-hybridized carbons (Fsp3) is 0.400. The van der Waals surface area contributed by atoms with Crippen molar-refractivity contribution in [3.05, 3.63) is 29.8 Å². The zero-order chi connectivity index (χ0) is 11.5. The van der Waals surface area contributed by atoms with Crippen molar-refractivity contribution in [1.82, 2.24) is 0 Å². The minimum atomic E-state index is -4.32. The van der Waals surface area contributed by atoms with E-state index in [9.17, 15) is 13.2 Å². The number of halogens is 3. The summed E-state index contributed by atoms with van der Waals surface area (Å²) in [5, 5.41) is 0. The zero-order valence-electron chi connectivity index (χ0n) is 8.21. The van der Waals surface area contributed by atoms with Gasteiger partial charge in [0.2, 0.25) is 0 Å². The van der Waals surface area contributed by atoms with E-state index in [0.717, 1.165) is 4.90 Å². The van der Waals surface area contributed by atoms with Gasteiger partial charge >= 0.3 is 6.18 Å². The molecule has 1 unspecified atom stereocenters. The lowest BCUT2D eigenvalue weighted by molar-refractivity contribution is -0.147. The van der Waals surface area contributed by atoms with Crippen LogP contribution in [0.2, 0.25) is 0 Å². The predicted molar refractivity (Wildman–Crippen MR) is 56.0 cm³/mol. The van der Waals surface area contributed by atoms with Gasteiger partial charge in [-0.25, -0.2) is 0 Å². The van der Waals surface area contributed by atoms with Gasteiger partial charge in [-0.15, -0.1) is 11.8 Å². The van der Waals surface area contributed by atoms with Crippen molar-refractivity contribution in [3.63, 3.8) is 0 Å². The van der Waals surface area contributed by atoms with Gasteiger partial charge < -0.3 is 5.73 Å². The number of hydrogen-bond donors (Lipinski definition) is 1. The van der Waals surface area contributed by atoms with Crippen LogP contribution in [0.25, 0.3) is 0 Å². The molecule has 0 radical (unpaired) electrons. The standard InChI is InChI=1S/C10H12F3NS/c1-15-8-4-2-3-7(5-8)6-9(14)10(11,12)13/h2-5,9H,6,14H2,1H3. The highest BCUT2D eigenvalue weighted by Crippen LogP contribution is 2.23. The minimum Gasteiger partial charge on any atom is -0.320 e. The molecule has 1 aromatic carbocycles. The molecular weight excluding hydrogens is 223 g/mol. The van der Waals surface area contributed by atoms with E-state index < -0.39 is 12.2 Å². The molecule has 1 nitrogen and oxygen atoms in total. The summed E-state index contributed by atoms with van der Waals surface area (Å²) in [5.74, 6) is 0. The van der Waals surface area contributed by atoms with Gasteiger partial charge in [0.05, 0.1) is 0 Å². The summed E-state index contributed by atoms with van der Waals surface area (Å²) in [4.78, 5) is 0.946. The Hall–Kier alpha value is -0.680. The van der Waals surface area contributed by atoms with Gasteiger partial charge in [0.1, 0.15) is 6.04 Å². The summed E-state index contributed by atoms with van der Waals surface area (Å²) in [5.41, 5.74) is 5.66. The maximum absolute atomic E-state index is 12.2. The molecule has 0 fully saturated rings. The van der Waals surface area contributed by atoms with Crippen LogP contribution in [0.1, 0.15) is 5.56 Å². The van der Waals surface area contributed by atoms with Crippen LogP contribution < -0.4 is 5.73 Å². The molecule has 0 heterocycles. The fourth-order valence-electron chi connectivity index (χ4n) is 1.17. The van der Waals surface area contributed by atoms with Crippen LogP contribution in [0.3, 0.4) is 0 Å². The average Bonchev–Trinajstić information content (AvgIpc) is 2.16. The maximum Gasteiger partial charge on any atom is 0.403 e. The first-order chi connectivity index (χ1) is 6.93. The molecule has 0 bridgehead atoms. The topological polar surface area (TPSA) is 26.0 Å². The fourth-order valence-corrected chi connectivity index (χ4v) is 1.65. The molecule has 1 aromatic rings. The zero-order valence-corrected chi connectivity index (χ0v) is 9.03. The molecular formula is C10H12F3NS. The molecule has 84 valence electrons. The van der Waals surface area contributed by atoms with Crippen molar-refractivity contribution in [2.45, 2.75) is 23.5 Å². The van der Waals surface area contributed by atoms with Crippen molar-refractivity contribution < 1.29 is 13.2 Å². The molecule has 0 spiro atoms. The third-order valence-corrected chi connectivity index (χ3v) is 2.74. The van der Waals surface area contributed by atoms with E-state index in [0.29, 0.717) is 5.56 Å². The van der Waals surface area contributed by atoms with Crippen LogP contribution in [0.15, 0.2) is 29.2 Å². The third kappa shape index (κ3) is 3.76. The van der Waals surface area contributed by atoms with Gasteiger partial charge in [-0.2, -0.15) is 13.2 Å². The first-order valence-electron chi connectivity index (χ1n) is 4.38. The number of nitrogens with two attached hydrogens (primary N) is 1. The quantitative estimate of drug-likeness (QED) is 0.815. The van der Waals surface area contributed by atoms with Gasteiger partial charge in [-0.1, -0.05) is 12.1 Å². The van der Waals surface area contributed by atoms with Crippen LogP contribution in [0.4, 0.5) is 13.2 Å². The van der Waals surface area contributed by atoms with Crippen LogP contribution in [0, 0.1) is 0 Å². The first-order valence-corrected chi connectivity index (χ1v) is 5.61. The van der Waals surface area contributed by atoms with Crippen molar-refractivity contribution >= 4 is 11.8 Å². The number of alkyl halides is 3. The predicted octanol–water partition coefficient (Wildman–Crippen LogP) is 2.84. The van der Waals surface area contributed by atoms with Crippen molar-refractivity contribution in [2.24, 2.45) is 5.73 Å². The van der Waals surface area contributed by atoms with Gasteiger partial charge in [-0.3, -0.25) is 0 Å². The van der Waals surface area contributed by atoms with Crippen LogP contribution in [0.5, 0.6) is 0 Å². The number of benzene rings is 1. The first kappa shape index (κ1) is 12.4. The van der Waals surface area contributed by atoms with E-state index in [1.165, 1.54) is 11.8 Å². The monoisotopic (exact) mass is 235 g/mol. The van der Waals surface area contributed by atoms with Gasteiger partial charge in [0.15, 0.2) is 0 Å². The second kappa shape index (κ2) is 4.90. The lowest BCUT2D eigenvalue weighted by atomic mass is 10.1. The van der Waals surface area contributed by atoms with Crippen LogP contribution >= 0.6 is 11.8 Å². The smallest absolute Gasteiger partial charge is 0.320 e. The molecule has 0 aliphatic rings. The van der Waals surface area contributed by atoms with Crippen molar-refractivity contribution in [3.8, 4) is 0 Å². The molecule has 0 saturated heterocycles. The van der Waals surface area contributed by atoms with Crippen molar-refractivity contribution in [2.75, 3.05) is 6.26 Å². The highest BCUT2D eigenvalue weighted by molar-refractivity contribution is 7.98. The Balaban J connectivity index is 2.72. The van der Waals surface area contributed by atoms with Gasteiger partial charge in [0.25, 0.3) is 0 Å². The second-order valence-electron chi connectivity index (χ2n) is 3.20. The molecule has 0 aliphatic carbocycles. The highest BCUT2D eigenvalue weighted by atomic mass is 32.2. The molecule has 15 heavy (non-hydrogen) atoms. The van der Waals surface area contributed by atoms with E-state index in [2.05, 4.69) is 0 Å². The molecule has 0 amide bonds. The summed E-state index contributed by atoms with van der Waals surface area (Å²) in [6.45, 7) is 0. The molecule has 0 saturated carbocycles. The average molecular weight is 235 g/mol.